The average Bonchev–Trinajstić information content (AvgIpc) is 2.80. The molecule has 0 unspecified atom stereocenters. The van der Waals surface area contributed by atoms with E-state index in [1.807, 2.05) is 0 Å². The fourth-order valence-electron chi connectivity index (χ4n) is 2.41. The number of sulfonamides is 1. The van der Waals surface area contributed by atoms with Gasteiger partial charge in [0.25, 0.3) is 0 Å². The fourth-order valence-corrected chi connectivity index (χ4v) is 3.95. The van der Waals surface area contributed by atoms with Crippen LogP contribution in [-0.4, -0.2) is 27.7 Å². The molecule has 2 rings (SSSR count). The van der Waals surface area contributed by atoms with E-state index in [1.165, 1.54) is 12.1 Å². The maximum absolute atomic E-state index is 13.3. The van der Waals surface area contributed by atoms with Crippen LogP contribution in [0.15, 0.2) is 18.2 Å². The van der Waals surface area contributed by atoms with Gasteiger partial charge in [0.15, 0.2) is 0 Å². The Morgan fingerprint density at radius 1 is 1.45 bits per heavy atom. The van der Waals surface area contributed by atoms with Gasteiger partial charge in [-0.05, 0) is 37.0 Å². The first kappa shape index (κ1) is 15.7. The molecule has 1 fully saturated rings. The van der Waals surface area contributed by atoms with E-state index in [2.05, 4.69) is 4.72 Å². The van der Waals surface area contributed by atoms with Crippen molar-refractivity contribution in [1.82, 2.24) is 4.72 Å². The summed E-state index contributed by atoms with van der Waals surface area (Å²) in [6.07, 6.45) is 2.38. The van der Waals surface area contributed by atoms with E-state index in [4.69, 9.17) is 16.3 Å². The summed E-state index contributed by atoms with van der Waals surface area (Å²) >= 11 is 5.57. The molecule has 2 atom stereocenters. The number of methoxy groups -OCH3 is 1. The van der Waals surface area contributed by atoms with Crippen LogP contribution in [0.2, 0.25) is 5.02 Å². The smallest absolute Gasteiger partial charge is 0.216 e. The lowest BCUT2D eigenvalue weighted by atomic mass is 10.2. The van der Waals surface area contributed by atoms with Crippen molar-refractivity contribution in [2.24, 2.45) is 0 Å². The Labute approximate surface area is 123 Å². The molecule has 112 valence electrons. The number of ether oxygens (including phenoxy) is 1. The van der Waals surface area contributed by atoms with Crippen molar-refractivity contribution < 1.29 is 17.5 Å². The van der Waals surface area contributed by atoms with Crippen molar-refractivity contribution in [2.75, 3.05) is 7.11 Å². The summed E-state index contributed by atoms with van der Waals surface area (Å²) in [5.41, 5.74) is 0.376. The maximum Gasteiger partial charge on any atom is 0.216 e. The minimum Gasteiger partial charge on any atom is -0.381 e. The molecule has 1 saturated carbocycles. The minimum absolute atomic E-state index is 0.0159. The monoisotopic (exact) mass is 321 g/mol. The van der Waals surface area contributed by atoms with Crippen molar-refractivity contribution >= 4 is 21.6 Å². The second-order valence-corrected chi connectivity index (χ2v) is 7.15. The third-order valence-electron chi connectivity index (χ3n) is 3.40. The van der Waals surface area contributed by atoms with E-state index in [0.717, 1.165) is 18.9 Å². The number of rotatable bonds is 5. The third-order valence-corrected chi connectivity index (χ3v) is 5.12. The number of nitrogens with one attached hydrogen (secondary N) is 1. The zero-order valence-corrected chi connectivity index (χ0v) is 12.7. The SMILES string of the molecule is CO[C@H]1CC[C@H](NS(=O)(=O)Cc2ccc(Cl)c(F)c2)C1. The molecule has 0 saturated heterocycles. The zero-order chi connectivity index (χ0) is 14.8. The lowest BCUT2D eigenvalue weighted by molar-refractivity contribution is 0.107. The maximum atomic E-state index is 13.3. The van der Waals surface area contributed by atoms with Gasteiger partial charge >= 0.3 is 0 Å². The fraction of sp³-hybridized carbons (Fsp3) is 0.538. The van der Waals surface area contributed by atoms with E-state index < -0.39 is 15.8 Å². The molecule has 4 nitrogen and oxygen atoms in total. The van der Waals surface area contributed by atoms with E-state index in [0.29, 0.717) is 12.0 Å². The molecule has 0 aromatic heterocycles. The van der Waals surface area contributed by atoms with Crippen molar-refractivity contribution in [3.05, 3.63) is 34.6 Å². The number of hydrogen-bond acceptors (Lipinski definition) is 3. The van der Waals surface area contributed by atoms with Crippen molar-refractivity contribution in [2.45, 2.75) is 37.2 Å². The first-order valence-corrected chi connectivity index (χ1v) is 8.39. The highest BCUT2D eigenvalue weighted by molar-refractivity contribution is 7.88. The summed E-state index contributed by atoms with van der Waals surface area (Å²) in [6.45, 7) is 0. The Kier molecular flexibility index (Phi) is 5.01. The topological polar surface area (TPSA) is 55.4 Å². The van der Waals surface area contributed by atoms with Crippen molar-refractivity contribution in [1.29, 1.82) is 0 Å². The van der Waals surface area contributed by atoms with E-state index >= 15 is 0 Å². The first-order valence-electron chi connectivity index (χ1n) is 6.36. The molecule has 0 bridgehead atoms. The Morgan fingerprint density at radius 3 is 2.80 bits per heavy atom. The summed E-state index contributed by atoms with van der Waals surface area (Å²) in [5.74, 6) is -0.866. The zero-order valence-electron chi connectivity index (χ0n) is 11.1. The Bertz CT molecular complexity index is 579. The first-order chi connectivity index (χ1) is 9.39. The van der Waals surface area contributed by atoms with Crippen molar-refractivity contribution in [3.8, 4) is 0 Å². The number of hydrogen-bond donors (Lipinski definition) is 1. The van der Waals surface area contributed by atoms with Crippen LogP contribution in [0.1, 0.15) is 24.8 Å². The molecular weight excluding hydrogens is 305 g/mol. The van der Waals surface area contributed by atoms with Crippen LogP contribution < -0.4 is 4.72 Å². The molecule has 1 aromatic carbocycles. The van der Waals surface area contributed by atoms with E-state index in [1.54, 1.807) is 7.11 Å². The standard InChI is InChI=1S/C13H17ClFNO3S/c1-19-11-4-3-10(7-11)16-20(17,18)8-9-2-5-12(14)13(15)6-9/h2,5-6,10-11,16H,3-4,7-8H2,1H3/t10-,11-/m0/s1. The molecular formula is C13H17ClFNO3S. The van der Waals surface area contributed by atoms with Gasteiger partial charge in [0.2, 0.25) is 10.0 Å². The van der Waals surface area contributed by atoms with E-state index in [9.17, 15) is 12.8 Å². The van der Waals surface area contributed by atoms with Gasteiger partial charge in [-0.2, -0.15) is 0 Å². The molecule has 0 radical (unpaired) electrons. The largest absolute Gasteiger partial charge is 0.381 e. The van der Waals surface area contributed by atoms with Crippen LogP contribution in [0.5, 0.6) is 0 Å². The Hall–Kier alpha value is -0.690. The van der Waals surface area contributed by atoms with E-state index in [-0.39, 0.29) is 22.9 Å². The summed E-state index contributed by atoms with van der Waals surface area (Å²) in [5, 5.41) is -0.0159. The predicted octanol–water partition coefficient (Wildman–Crippen LogP) is 2.47. The highest BCUT2D eigenvalue weighted by Crippen LogP contribution is 2.23. The highest BCUT2D eigenvalue weighted by atomic mass is 35.5. The average molecular weight is 322 g/mol. The van der Waals surface area contributed by atoms with Crippen molar-refractivity contribution in [3.63, 3.8) is 0 Å². The van der Waals surface area contributed by atoms with Crippen LogP contribution in [0.3, 0.4) is 0 Å². The van der Waals surface area contributed by atoms with Crippen LogP contribution in [0.4, 0.5) is 4.39 Å². The normalized spacial score (nSPS) is 23.1. The van der Waals surface area contributed by atoms with Gasteiger partial charge in [0.1, 0.15) is 5.82 Å². The summed E-state index contributed by atoms with van der Waals surface area (Å²) in [6, 6.07) is 3.91. The van der Waals surface area contributed by atoms with Crippen LogP contribution in [0, 0.1) is 5.82 Å². The number of halogens is 2. The minimum atomic E-state index is -3.49. The van der Waals surface area contributed by atoms with Gasteiger partial charge in [0.05, 0.1) is 16.9 Å². The van der Waals surface area contributed by atoms with Gasteiger partial charge in [0, 0.05) is 13.2 Å². The quantitative estimate of drug-likeness (QED) is 0.906. The summed E-state index contributed by atoms with van der Waals surface area (Å²) in [7, 11) is -1.87. The summed E-state index contributed by atoms with van der Waals surface area (Å²) in [4.78, 5) is 0. The molecule has 20 heavy (non-hydrogen) atoms. The van der Waals surface area contributed by atoms with Gasteiger partial charge < -0.3 is 4.74 Å². The van der Waals surface area contributed by atoms with Gasteiger partial charge in [-0.25, -0.2) is 17.5 Å². The van der Waals surface area contributed by atoms with Gasteiger partial charge in [-0.15, -0.1) is 0 Å². The third kappa shape index (κ3) is 4.15. The molecule has 7 heteroatoms. The molecule has 1 aliphatic carbocycles. The van der Waals surface area contributed by atoms with Crippen LogP contribution in [-0.2, 0) is 20.5 Å². The Balaban J connectivity index is 1.99. The molecule has 1 aromatic rings. The second kappa shape index (κ2) is 6.39. The molecule has 0 amide bonds. The molecule has 0 spiro atoms. The molecule has 0 aliphatic heterocycles. The predicted molar refractivity (Wildman–Crippen MR) is 75.6 cm³/mol. The lowest BCUT2D eigenvalue weighted by Gasteiger charge is -2.13. The molecule has 1 aliphatic rings. The highest BCUT2D eigenvalue weighted by Gasteiger charge is 2.28. The van der Waals surface area contributed by atoms with Crippen LogP contribution >= 0.6 is 11.6 Å². The van der Waals surface area contributed by atoms with Gasteiger partial charge in [-0.1, -0.05) is 17.7 Å². The second-order valence-electron chi connectivity index (χ2n) is 4.99. The van der Waals surface area contributed by atoms with Gasteiger partial charge in [-0.3, -0.25) is 0 Å². The van der Waals surface area contributed by atoms with Crippen LogP contribution in [0.25, 0.3) is 0 Å². The molecule has 0 heterocycles. The number of benzene rings is 1. The Morgan fingerprint density at radius 2 is 2.20 bits per heavy atom. The summed E-state index contributed by atoms with van der Waals surface area (Å²) < 4.78 is 45.2. The molecule has 1 N–H and O–H groups in total. The lowest BCUT2D eigenvalue weighted by Crippen LogP contribution is -2.34.